The van der Waals surface area contributed by atoms with Crippen LogP contribution in [0.2, 0.25) is 0 Å². The van der Waals surface area contributed by atoms with Gasteiger partial charge in [0.15, 0.2) is 0 Å². The van der Waals surface area contributed by atoms with Gasteiger partial charge in [-0.05, 0) is 24.5 Å². The molecule has 0 radical (unpaired) electrons. The van der Waals surface area contributed by atoms with Crippen molar-refractivity contribution in [1.29, 1.82) is 0 Å². The van der Waals surface area contributed by atoms with E-state index < -0.39 is 0 Å². The maximum absolute atomic E-state index is 5.31. The van der Waals surface area contributed by atoms with Crippen LogP contribution in [0.25, 0.3) is 11.0 Å². The van der Waals surface area contributed by atoms with Gasteiger partial charge in [-0.3, -0.25) is 0 Å². The molecule has 2 unspecified atom stereocenters. The lowest BCUT2D eigenvalue weighted by atomic mass is 10.3. The molecule has 2 atom stereocenters. The Balaban J connectivity index is 1.98. The van der Waals surface area contributed by atoms with Gasteiger partial charge in [0.25, 0.3) is 0 Å². The van der Waals surface area contributed by atoms with Gasteiger partial charge in [0, 0.05) is 12.2 Å². The van der Waals surface area contributed by atoms with Crippen LogP contribution in [-0.4, -0.2) is 11.0 Å². The molecular weight excluding hydrogens is 176 g/mol. The van der Waals surface area contributed by atoms with Crippen LogP contribution in [0.1, 0.15) is 13.3 Å². The second-order valence-electron chi connectivity index (χ2n) is 3.96. The number of fused-ring (bicyclic) bond motifs is 1. The van der Waals surface area contributed by atoms with Gasteiger partial charge < -0.3 is 9.73 Å². The molecule has 0 aliphatic heterocycles. The minimum atomic E-state index is 0.600. The van der Waals surface area contributed by atoms with Gasteiger partial charge in [0.2, 0.25) is 0 Å². The third kappa shape index (κ3) is 1.16. The molecule has 0 saturated heterocycles. The largest absolute Gasteiger partial charge is 0.464 e. The van der Waals surface area contributed by atoms with Crippen molar-refractivity contribution in [2.75, 3.05) is 5.32 Å². The van der Waals surface area contributed by atoms with Gasteiger partial charge >= 0.3 is 0 Å². The molecule has 1 aliphatic rings. The van der Waals surface area contributed by atoms with Crippen molar-refractivity contribution in [1.82, 2.24) is 4.98 Å². The topological polar surface area (TPSA) is 38.1 Å². The lowest BCUT2D eigenvalue weighted by Gasteiger charge is -2.03. The Morgan fingerprint density at radius 2 is 2.36 bits per heavy atom. The lowest BCUT2D eigenvalue weighted by Crippen LogP contribution is -2.04. The molecule has 3 nitrogen and oxygen atoms in total. The maximum atomic E-state index is 5.31. The van der Waals surface area contributed by atoms with Crippen LogP contribution < -0.4 is 5.32 Å². The van der Waals surface area contributed by atoms with E-state index in [1.54, 1.807) is 12.5 Å². The summed E-state index contributed by atoms with van der Waals surface area (Å²) in [6, 6.07) is 4.44. The zero-order valence-electron chi connectivity index (χ0n) is 8.03. The molecule has 1 fully saturated rings. The van der Waals surface area contributed by atoms with E-state index in [-0.39, 0.29) is 0 Å². The standard InChI is InChI=1S/C11H12N2O/c1-7-6-9(7)13-11-8-3-5-14-10(8)2-4-12-11/h2-5,7,9H,6H2,1H3,(H,12,13). The number of pyridine rings is 1. The first-order chi connectivity index (χ1) is 6.84. The minimum Gasteiger partial charge on any atom is -0.464 e. The summed E-state index contributed by atoms with van der Waals surface area (Å²) in [5.41, 5.74) is 0.899. The molecular formula is C11H12N2O. The minimum absolute atomic E-state index is 0.600. The van der Waals surface area contributed by atoms with Crippen molar-refractivity contribution in [2.45, 2.75) is 19.4 Å². The van der Waals surface area contributed by atoms with Crippen molar-refractivity contribution in [3.63, 3.8) is 0 Å². The van der Waals surface area contributed by atoms with Crippen LogP contribution in [0.4, 0.5) is 5.82 Å². The summed E-state index contributed by atoms with van der Waals surface area (Å²) in [6.45, 7) is 2.24. The van der Waals surface area contributed by atoms with E-state index in [9.17, 15) is 0 Å². The summed E-state index contributed by atoms with van der Waals surface area (Å²) in [7, 11) is 0. The smallest absolute Gasteiger partial charge is 0.139 e. The first-order valence-corrected chi connectivity index (χ1v) is 4.93. The number of hydrogen-bond donors (Lipinski definition) is 1. The zero-order chi connectivity index (χ0) is 9.54. The molecule has 3 heteroatoms. The average Bonchev–Trinajstić information content (AvgIpc) is 2.69. The highest BCUT2D eigenvalue weighted by Gasteiger charge is 2.32. The average molecular weight is 188 g/mol. The fourth-order valence-corrected chi connectivity index (χ4v) is 1.71. The highest BCUT2D eigenvalue weighted by atomic mass is 16.3. The summed E-state index contributed by atoms with van der Waals surface area (Å²) < 4.78 is 5.31. The van der Waals surface area contributed by atoms with E-state index in [1.165, 1.54) is 6.42 Å². The first-order valence-electron chi connectivity index (χ1n) is 4.93. The molecule has 3 rings (SSSR count). The number of nitrogens with zero attached hydrogens (tertiary/aromatic N) is 1. The number of hydrogen-bond acceptors (Lipinski definition) is 3. The third-order valence-electron chi connectivity index (χ3n) is 2.81. The SMILES string of the molecule is CC1CC1Nc1nccc2occc12. The second kappa shape index (κ2) is 2.74. The Kier molecular flexibility index (Phi) is 1.54. The van der Waals surface area contributed by atoms with Crippen LogP contribution >= 0.6 is 0 Å². The monoisotopic (exact) mass is 188 g/mol. The molecule has 2 aromatic heterocycles. The Morgan fingerprint density at radius 3 is 3.14 bits per heavy atom. The maximum Gasteiger partial charge on any atom is 0.139 e. The van der Waals surface area contributed by atoms with Crippen molar-refractivity contribution in [3.05, 3.63) is 24.6 Å². The predicted molar refractivity (Wildman–Crippen MR) is 55.2 cm³/mol. The van der Waals surface area contributed by atoms with Gasteiger partial charge in [-0.1, -0.05) is 6.92 Å². The third-order valence-corrected chi connectivity index (χ3v) is 2.81. The van der Waals surface area contributed by atoms with Crippen molar-refractivity contribution in [2.24, 2.45) is 5.92 Å². The second-order valence-corrected chi connectivity index (χ2v) is 3.96. The molecule has 2 heterocycles. The Hall–Kier alpha value is -1.51. The zero-order valence-corrected chi connectivity index (χ0v) is 8.03. The first kappa shape index (κ1) is 7.85. The van der Waals surface area contributed by atoms with Crippen LogP contribution in [-0.2, 0) is 0 Å². The Bertz CT molecular complexity index is 463. The van der Waals surface area contributed by atoms with Gasteiger partial charge in [-0.15, -0.1) is 0 Å². The van der Waals surface area contributed by atoms with E-state index in [0.29, 0.717) is 6.04 Å². The summed E-state index contributed by atoms with van der Waals surface area (Å²) >= 11 is 0. The van der Waals surface area contributed by atoms with Crippen LogP contribution in [0.3, 0.4) is 0 Å². The number of nitrogens with one attached hydrogen (secondary N) is 1. The molecule has 2 aromatic rings. The van der Waals surface area contributed by atoms with Crippen molar-refractivity contribution >= 4 is 16.8 Å². The number of rotatable bonds is 2. The molecule has 1 aliphatic carbocycles. The van der Waals surface area contributed by atoms with Gasteiger partial charge in [0.05, 0.1) is 11.6 Å². The Labute approximate surface area is 82.1 Å². The number of anilines is 1. The van der Waals surface area contributed by atoms with E-state index >= 15 is 0 Å². The fraction of sp³-hybridized carbons (Fsp3) is 0.364. The van der Waals surface area contributed by atoms with Crippen LogP contribution in [0, 0.1) is 5.92 Å². The summed E-state index contributed by atoms with van der Waals surface area (Å²) in [5.74, 6) is 1.73. The quantitative estimate of drug-likeness (QED) is 0.787. The highest BCUT2D eigenvalue weighted by Crippen LogP contribution is 2.34. The molecule has 72 valence electrons. The van der Waals surface area contributed by atoms with E-state index in [4.69, 9.17) is 4.42 Å². The van der Waals surface area contributed by atoms with Gasteiger partial charge in [-0.2, -0.15) is 0 Å². The summed E-state index contributed by atoms with van der Waals surface area (Å²) in [4.78, 5) is 4.32. The lowest BCUT2D eigenvalue weighted by molar-refractivity contribution is 0.615. The highest BCUT2D eigenvalue weighted by molar-refractivity contribution is 5.88. The van der Waals surface area contributed by atoms with Crippen molar-refractivity contribution in [3.8, 4) is 0 Å². The molecule has 0 amide bonds. The summed E-state index contributed by atoms with van der Waals surface area (Å²) in [5, 5.41) is 4.50. The molecule has 14 heavy (non-hydrogen) atoms. The molecule has 1 N–H and O–H groups in total. The predicted octanol–water partition coefficient (Wildman–Crippen LogP) is 2.65. The van der Waals surface area contributed by atoms with Gasteiger partial charge in [-0.25, -0.2) is 4.98 Å². The Morgan fingerprint density at radius 1 is 1.50 bits per heavy atom. The van der Waals surface area contributed by atoms with Gasteiger partial charge in [0.1, 0.15) is 11.4 Å². The number of aromatic nitrogens is 1. The summed E-state index contributed by atoms with van der Waals surface area (Å²) in [6.07, 6.45) is 4.73. The molecule has 0 bridgehead atoms. The van der Waals surface area contributed by atoms with E-state index in [2.05, 4.69) is 17.2 Å². The van der Waals surface area contributed by atoms with Crippen LogP contribution in [0.5, 0.6) is 0 Å². The normalized spacial score (nSPS) is 25.2. The van der Waals surface area contributed by atoms with E-state index in [1.807, 2.05) is 12.1 Å². The molecule has 1 saturated carbocycles. The fourth-order valence-electron chi connectivity index (χ4n) is 1.71. The number of furan rings is 1. The van der Waals surface area contributed by atoms with Crippen LogP contribution in [0.15, 0.2) is 29.0 Å². The molecule has 0 aromatic carbocycles. The molecule has 0 spiro atoms. The van der Waals surface area contributed by atoms with Crippen molar-refractivity contribution < 1.29 is 4.42 Å². The van der Waals surface area contributed by atoms with E-state index in [0.717, 1.165) is 22.7 Å².